The zero-order valence-corrected chi connectivity index (χ0v) is 15.8. The number of amides is 1. The van der Waals surface area contributed by atoms with Crippen LogP contribution in [-0.4, -0.2) is 47.5 Å². The third kappa shape index (κ3) is 3.59. The van der Waals surface area contributed by atoms with Gasteiger partial charge in [-0.05, 0) is 49.8 Å². The normalized spacial score (nSPS) is 20.1. The summed E-state index contributed by atoms with van der Waals surface area (Å²) in [4.78, 5) is 19.1. The fourth-order valence-corrected chi connectivity index (χ4v) is 4.65. The third-order valence-corrected chi connectivity index (χ3v) is 6.60. The van der Waals surface area contributed by atoms with Crippen molar-refractivity contribution in [1.82, 2.24) is 9.88 Å². The molecule has 128 valence electrons. The van der Waals surface area contributed by atoms with Crippen molar-refractivity contribution in [2.75, 3.05) is 20.4 Å². The van der Waals surface area contributed by atoms with E-state index >= 15 is 0 Å². The number of carbonyl (C=O) groups excluding carboxylic acids is 1. The second kappa shape index (κ2) is 7.57. The topological polar surface area (TPSA) is 42.4 Å². The minimum absolute atomic E-state index is 0.0257. The number of methoxy groups -OCH3 is 1. The number of hydrogen-bond donors (Lipinski definition) is 0. The Balaban J connectivity index is 1.71. The van der Waals surface area contributed by atoms with Crippen LogP contribution in [0.5, 0.6) is 5.75 Å². The van der Waals surface area contributed by atoms with Crippen molar-refractivity contribution in [3.8, 4) is 16.3 Å². The van der Waals surface area contributed by atoms with Crippen LogP contribution in [0.4, 0.5) is 0 Å². The minimum atomic E-state index is 0.0257. The van der Waals surface area contributed by atoms with Crippen LogP contribution in [-0.2, 0) is 0 Å². The van der Waals surface area contributed by atoms with Gasteiger partial charge in [0.15, 0.2) is 0 Å². The molecular formula is C18H22N2O2S2. The molecule has 2 atom stereocenters. The lowest BCUT2D eigenvalue weighted by Gasteiger charge is -2.23. The average molecular weight is 363 g/mol. The van der Waals surface area contributed by atoms with E-state index in [1.54, 1.807) is 7.11 Å². The molecule has 0 radical (unpaired) electrons. The van der Waals surface area contributed by atoms with Crippen LogP contribution in [0.15, 0.2) is 29.6 Å². The van der Waals surface area contributed by atoms with Crippen LogP contribution in [0.2, 0.25) is 0 Å². The maximum atomic E-state index is 12.7. The summed E-state index contributed by atoms with van der Waals surface area (Å²) in [6.07, 6.45) is 5.51. The number of carbonyl (C=O) groups is 1. The van der Waals surface area contributed by atoms with E-state index in [0.717, 1.165) is 29.2 Å². The van der Waals surface area contributed by atoms with Crippen molar-refractivity contribution in [2.24, 2.45) is 0 Å². The van der Waals surface area contributed by atoms with Crippen molar-refractivity contribution < 1.29 is 9.53 Å². The van der Waals surface area contributed by atoms with Crippen LogP contribution in [0.3, 0.4) is 0 Å². The lowest BCUT2D eigenvalue weighted by atomic mass is 10.2. The molecule has 0 spiro atoms. The summed E-state index contributed by atoms with van der Waals surface area (Å²) in [5.74, 6) is 0.841. The van der Waals surface area contributed by atoms with Gasteiger partial charge in [-0.2, -0.15) is 11.8 Å². The molecule has 4 nitrogen and oxygen atoms in total. The van der Waals surface area contributed by atoms with E-state index < -0.39 is 0 Å². The molecule has 2 aromatic rings. The molecular weight excluding hydrogens is 340 g/mol. The van der Waals surface area contributed by atoms with Crippen LogP contribution in [0.1, 0.15) is 29.8 Å². The Kier molecular flexibility index (Phi) is 5.46. The summed E-state index contributed by atoms with van der Waals surface area (Å²) >= 11 is 3.41. The second-order valence-electron chi connectivity index (χ2n) is 6.01. The first-order valence-corrected chi connectivity index (χ1v) is 10.2. The molecule has 1 aromatic heterocycles. The number of benzene rings is 1. The number of thiazole rings is 1. The molecule has 0 bridgehead atoms. The lowest BCUT2D eigenvalue weighted by Crippen LogP contribution is -2.35. The van der Waals surface area contributed by atoms with Crippen LogP contribution >= 0.6 is 23.1 Å². The molecule has 1 aliphatic carbocycles. The number of thioether (sulfide) groups is 1. The first-order chi connectivity index (χ1) is 11.6. The third-order valence-electron chi connectivity index (χ3n) is 4.62. The first-order valence-electron chi connectivity index (χ1n) is 8.02. The molecule has 0 saturated heterocycles. The summed E-state index contributed by atoms with van der Waals surface area (Å²) < 4.78 is 5.18. The minimum Gasteiger partial charge on any atom is -0.497 e. The highest BCUT2D eigenvalue weighted by atomic mass is 32.2. The van der Waals surface area contributed by atoms with E-state index in [0.29, 0.717) is 17.0 Å². The predicted octanol–water partition coefficient (Wildman–Crippen LogP) is 4.17. The van der Waals surface area contributed by atoms with E-state index in [1.165, 1.54) is 17.8 Å². The Labute approximate surface area is 151 Å². The van der Waals surface area contributed by atoms with Crippen molar-refractivity contribution in [1.29, 1.82) is 0 Å². The number of hydrogen-bond acceptors (Lipinski definition) is 5. The number of ether oxygens (including phenoxy) is 1. The maximum Gasteiger partial charge on any atom is 0.273 e. The predicted molar refractivity (Wildman–Crippen MR) is 101 cm³/mol. The molecule has 0 N–H and O–H groups in total. The summed E-state index contributed by atoms with van der Waals surface area (Å²) in [6, 6.07) is 8.09. The number of aromatic nitrogens is 1. The SMILES string of the molecule is COc1ccc(-c2nc(C(=O)N(C)[C@@H]3CC[C@@H](SC)C3)cs2)cc1. The van der Waals surface area contributed by atoms with Gasteiger partial charge in [-0.1, -0.05) is 0 Å². The van der Waals surface area contributed by atoms with E-state index in [1.807, 2.05) is 53.4 Å². The van der Waals surface area contributed by atoms with Gasteiger partial charge in [0.25, 0.3) is 5.91 Å². The zero-order chi connectivity index (χ0) is 17.1. The molecule has 0 unspecified atom stereocenters. The maximum absolute atomic E-state index is 12.7. The van der Waals surface area contributed by atoms with Gasteiger partial charge in [0.2, 0.25) is 0 Å². The van der Waals surface area contributed by atoms with Gasteiger partial charge < -0.3 is 9.64 Å². The summed E-state index contributed by atoms with van der Waals surface area (Å²) in [5, 5.41) is 3.40. The molecule has 6 heteroatoms. The van der Waals surface area contributed by atoms with E-state index in [4.69, 9.17) is 4.74 Å². The number of nitrogens with zero attached hydrogens (tertiary/aromatic N) is 2. The molecule has 1 fully saturated rings. The Morgan fingerprint density at radius 2 is 2.08 bits per heavy atom. The Bertz CT molecular complexity index is 699. The van der Waals surface area contributed by atoms with Crippen molar-refractivity contribution >= 4 is 29.0 Å². The van der Waals surface area contributed by atoms with Gasteiger partial charge in [0.05, 0.1) is 7.11 Å². The van der Waals surface area contributed by atoms with Gasteiger partial charge >= 0.3 is 0 Å². The highest BCUT2D eigenvalue weighted by molar-refractivity contribution is 7.99. The lowest BCUT2D eigenvalue weighted by molar-refractivity contribution is 0.0730. The largest absolute Gasteiger partial charge is 0.497 e. The smallest absolute Gasteiger partial charge is 0.273 e. The first kappa shape index (κ1) is 17.3. The van der Waals surface area contributed by atoms with Crippen LogP contribution < -0.4 is 4.74 Å². The molecule has 1 amide bonds. The number of rotatable bonds is 5. The Hall–Kier alpha value is -1.53. The average Bonchev–Trinajstić information content (AvgIpc) is 3.30. The van der Waals surface area contributed by atoms with Crippen molar-refractivity contribution in [2.45, 2.75) is 30.6 Å². The molecule has 0 aliphatic heterocycles. The molecule has 1 heterocycles. The van der Waals surface area contributed by atoms with E-state index in [-0.39, 0.29) is 5.91 Å². The Morgan fingerprint density at radius 3 is 2.71 bits per heavy atom. The zero-order valence-electron chi connectivity index (χ0n) is 14.2. The highest BCUT2D eigenvalue weighted by Crippen LogP contribution is 2.32. The van der Waals surface area contributed by atoms with Gasteiger partial charge in [-0.3, -0.25) is 4.79 Å². The quantitative estimate of drug-likeness (QED) is 0.800. The standard InChI is InChI=1S/C18H22N2O2S2/c1-20(13-6-9-15(10-13)23-3)18(21)16-11-24-17(19-16)12-4-7-14(22-2)8-5-12/h4-5,7-8,11,13,15H,6,9-10H2,1-3H3/t13-,15-/m1/s1. The fourth-order valence-electron chi connectivity index (χ4n) is 3.07. The second-order valence-corrected chi connectivity index (χ2v) is 8.00. The summed E-state index contributed by atoms with van der Waals surface area (Å²) in [5.41, 5.74) is 1.55. The highest BCUT2D eigenvalue weighted by Gasteiger charge is 2.30. The molecule has 1 aliphatic rings. The van der Waals surface area contributed by atoms with E-state index in [2.05, 4.69) is 11.2 Å². The summed E-state index contributed by atoms with van der Waals surface area (Å²) in [7, 11) is 3.55. The van der Waals surface area contributed by atoms with Gasteiger partial charge in [0, 0.05) is 29.3 Å². The fraction of sp³-hybridized carbons (Fsp3) is 0.444. The van der Waals surface area contributed by atoms with Gasteiger partial charge in [0.1, 0.15) is 16.5 Å². The van der Waals surface area contributed by atoms with Crippen LogP contribution in [0.25, 0.3) is 10.6 Å². The molecule has 1 saturated carbocycles. The van der Waals surface area contributed by atoms with Crippen LogP contribution in [0, 0.1) is 0 Å². The summed E-state index contributed by atoms with van der Waals surface area (Å²) in [6.45, 7) is 0. The van der Waals surface area contributed by atoms with Gasteiger partial charge in [-0.15, -0.1) is 11.3 Å². The van der Waals surface area contributed by atoms with Crippen molar-refractivity contribution in [3.05, 3.63) is 35.3 Å². The van der Waals surface area contributed by atoms with Crippen molar-refractivity contribution in [3.63, 3.8) is 0 Å². The molecule has 24 heavy (non-hydrogen) atoms. The van der Waals surface area contributed by atoms with Gasteiger partial charge in [-0.25, -0.2) is 4.98 Å². The Morgan fingerprint density at radius 1 is 1.33 bits per heavy atom. The monoisotopic (exact) mass is 362 g/mol. The molecule has 1 aromatic carbocycles. The van der Waals surface area contributed by atoms with E-state index in [9.17, 15) is 4.79 Å². The molecule has 3 rings (SSSR count).